The molecule has 1 saturated heterocycles. The Labute approximate surface area is 172 Å². The van der Waals surface area contributed by atoms with Gasteiger partial charge in [0.1, 0.15) is 0 Å². The second kappa shape index (κ2) is 9.53. The van der Waals surface area contributed by atoms with Gasteiger partial charge < -0.3 is 14.2 Å². The van der Waals surface area contributed by atoms with Crippen LogP contribution in [0.5, 0.6) is 0 Å². The Morgan fingerprint density at radius 1 is 1.10 bits per heavy atom. The van der Waals surface area contributed by atoms with Crippen LogP contribution in [0.15, 0.2) is 60.7 Å². The van der Waals surface area contributed by atoms with E-state index >= 15 is 0 Å². The van der Waals surface area contributed by atoms with Gasteiger partial charge in [-0.05, 0) is 31.2 Å². The summed E-state index contributed by atoms with van der Waals surface area (Å²) in [5.74, 6) is 0.477. The highest BCUT2D eigenvalue weighted by atomic mass is 16.5. The average molecular weight is 395 g/mol. The lowest BCUT2D eigenvalue weighted by molar-refractivity contribution is -0.180. The third-order valence-corrected chi connectivity index (χ3v) is 6.02. The Morgan fingerprint density at radius 3 is 2.48 bits per heavy atom. The predicted molar refractivity (Wildman–Crippen MR) is 110 cm³/mol. The van der Waals surface area contributed by atoms with Crippen LogP contribution in [0.25, 0.3) is 0 Å². The summed E-state index contributed by atoms with van der Waals surface area (Å²) in [5, 5.41) is 0. The fraction of sp³-hybridized carbons (Fsp3) is 0.458. The van der Waals surface area contributed by atoms with Gasteiger partial charge in [-0.2, -0.15) is 0 Å². The van der Waals surface area contributed by atoms with Crippen LogP contribution in [0, 0.1) is 5.92 Å². The van der Waals surface area contributed by atoms with E-state index < -0.39 is 0 Å². The maximum Gasteiger partial charge on any atom is 0.294 e. The Kier molecular flexibility index (Phi) is 6.60. The van der Waals surface area contributed by atoms with Gasteiger partial charge in [0.05, 0.1) is 25.4 Å². The summed E-state index contributed by atoms with van der Waals surface area (Å²) in [6.45, 7) is 4.67. The maximum atomic E-state index is 11.2. The van der Waals surface area contributed by atoms with Crippen LogP contribution < -0.4 is 0 Å². The van der Waals surface area contributed by atoms with E-state index in [1.807, 2.05) is 48.5 Å². The second-order valence-electron chi connectivity index (χ2n) is 8.05. The quantitative estimate of drug-likeness (QED) is 0.634. The molecule has 0 amide bonds. The van der Waals surface area contributed by atoms with Crippen molar-refractivity contribution in [2.75, 3.05) is 13.2 Å². The molecule has 0 aromatic heterocycles. The highest BCUT2D eigenvalue weighted by Crippen LogP contribution is 2.40. The molecule has 0 radical (unpaired) electrons. The van der Waals surface area contributed by atoms with Crippen LogP contribution in [0.3, 0.4) is 0 Å². The van der Waals surface area contributed by atoms with Crippen LogP contribution in [0.4, 0.5) is 0 Å². The zero-order chi connectivity index (χ0) is 20.1. The van der Waals surface area contributed by atoms with E-state index in [9.17, 15) is 4.79 Å². The Hall–Kier alpha value is -2.21. The largest absolute Gasteiger partial charge is 0.444 e. The molecule has 1 aliphatic carbocycles. The van der Waals surface area contributed by atoms with E-state index in [4.69, 9.17) is 14.2 Å². The number of benzene rings is 2. The van der Waals surface area contributed by atoms with Crippen molar-refractivity contribution in [3.05, 3.63) is 71.8 Å². The lowest BCUT2D eigenvalue weighted by Gasteiger charge is -2.49. The van der Waals surface area contributed by atoms with Crippen molar-refractivity contribution in [2.24, 2.45) is 5.92 Å². The fourth-order valence-corrected chi connectivity index (χ4v) is 4.38. The molecule has 2 fully saturated rings. The first-order valence-electron chi connectivity index (χ1n) is 10.4. The van der Waals surface area contributed by atoms with Crippen LogP contribution in [0.1, 0.15) is 37.1 Å². The molecule has 0 bridgehead atoms. The topological polar surface area (TPSA) is 48.0 Å². The van der Waals surface area contributed by atoms with Crippen molar-refractivity contribution in [3.63, 3.8) is 0 Å². The van der Waals surface area contributed by atoms with E-state index in [-0.39, 0.29) is 24.5 Å². The van der Waals surface area contributed by atoms with Gasteiger partial charge in [-0.25, -0.2) is 0 Å². The molecule has 0 spiro atoms. The van der Waals surface area contributed by atoms with E-state index in [0.717, 1.165) is 24.9 Å². The molecule has 2 aromatic rings. The molecule has 1 heterocycles. The average Bonchev–Trinajstić information content (AvgIpc) is 2.73. The Bertz CT molecular complexity index is 763. The lowest BCUT2D eigenvalue weighted by atomic mass is 9.76. The first kappa shape index (κ1) is 20.1. The van der Waals surface area contributed by atoms with Gasteiger partial charge >= 0.3 is 0 Å². The van der Waals surface area contributed by atoms with Gasteiger partial charge in [-0.3, -0.25) is 9.69 Å². The molecule has 5 heteroatoms. The van der Waals surface area contributed by atoms with Crippen LogP contribution in [-0.2, 0) is 25.6 Å². The summed E-state index contributed by atoms with van der Waals surface area (Å²) in [6, 6.07) is 20.5. The van der Waals surface area contributed by atoms with Crippen molar-refractivity contribution < 1.29 is 19.0 Å². The summed E-state index contributed by atoms with van der Waals surface area (Å²) in [6.07, 6.45) is 2.03. The number of morpholine rings is 1. The SMILES string of the molecule is CC1CN(C(OC=O)c2ccccc2)C(C2CC(OCc3ccccc3)C2)CO1. The number of hydrogen-bond acceptors (Lipinski definition) is 5. The standard InChI is InChI=1S/C24H29NO4/c1-18-14-25(24(29-17-26)20-10-6-3-7-11-20)23(16-27-18)21-12-22(13-21)28-15-19-8-4-2-5-9-19/h2-11,17-18,21-24H,12-16H2,1H3. The molecule has 1 aliphatic heterocycles. The minimum atomic E-state index is -0.380. The van der Waals surface area contributed by atoms with Crippen LogP contribution in [-0.4, -0.2) is 42.8 Å². The van der Waals surface area contributed by atoms with Gasteiger partial charge in [0.25, 0.3) is 6.47 Å². The smallest absolute Gasteiger partial charge is 0.294 e. The van der Waals surface area contributed by atoms with Gasteiger partial charge in [-0.1, -0.05) is 60.7 Å². The molecule has 3 unspecified atom stereocenters. The summed E-state index contributed by atoms with van der Waals surface area (Å²) >= 11 is 0. The molecule has 2 aliphatic rings. The third kappa shape index (κ3) is 4.86. The molecular formula is C24H29NO4. The number of ether oxygens (including phenoxy) is 3. The highest BCUT2D eigenvalue weighted by Gasteiger charge is 2.44. The van der Waals surface area contributed by atoms with E-state index in [1.54, 1.807) is 0 Å². The molecular weight excluding hydrogens is 366 g/mol. The summed E-state index contributed by atoms with van der Waals surface area (Å²) in [7, 11) is 0. The number of hydrogen-bond donors (Lipinski definition) is 0. The van der Waals surface area contributed by atoms with E-state index in [0.29, 0.717) is 25.6 Å². The van der Waals surface area contributed by atoms with Crippen LogP contribution >= 0.6 is 0 Å². The van der Waals surface area contributed by atoms with E-state index in [2.05, 4.69) is 24.0 Å². The number of carbonyl (C=O) groups is 1. The van der Waals surface area contributed by atoms with Gasteiger partial charge in [0, 0.05) is 18.2 Å². The van der Waals surface area contributed by atoms with Gasteiger partial charge in [0.15, 0.2) is 6.23 Å². The van der Waals surface area contributed by atoms with Gasteiger partial charge in [0.2, 0.25) is 0 Å². The lowest BCUT2D eigenvalue weighted by Crippen LogP contribution is -2.57. The van der Waals surface area contributed by atoms with Gasteiger partial charge in [-0.15, -0.1) is 0 Å². The molecule has 154 valence electrons. The molecule has 29 heavy (non-hydrogen) atoms. The highest BCUT2D eigenvalue weighted by molar-refractivity contribution is 5.38. The fourth-order valence-electron chi connectivity index (χ4n) is 4.38. The van der Waals surface area contributed by atoms with Crippen molar-refractivity contribution in [2.45, 2.75) is 50.8 Å². The first-order chi connectivity index (χ1) is 14.2. The second-order valence-corrected chi connectivity index (χ2v) is 8.05. The summed E-state index contributed by atoms with van der Waals surface area (Å²) < 4.78 is 17.6. The first-order valence-corrected chi connectivity index (χ1v) is 10.4. The predicted octanol–water partition coefficient (Wildman–Crippen LogP) is 3.94. The summed E-state index contributed by atoms with van der Waals surface area (Å²) in [5.41, 5.74) is 2.20. The third-order valence-electron chi connectivity index (χ3n) is 6.02. The summed E-state index contributed by atoms with van der Waals surface area (Å²) in [4.78, 5) is 13.5. The van der Waals surface area contributed by atoms with Crippen molar-refractivity contribution in [1.29, 1.82) is 0 Å². The zero-order valence-corrected chi connectivity index (χ0v) is 16.9. The number of carbonyl (C=O) groups excluding carboxylic acids is 1. The van der Waals surface area contributed by atoms with Crippen molar-refractivity contribution in [3.8, 4) is 0 Å². The molecule has 1 saturated carbocycles. The molecule has 5 nitrogen and oxygen atoms in total. The molecule has 0 N–H and O–H groups in total. The molecule has 2 aromatic carbocycles. The monoisotopic (exact) mass is 395 g/mol. The minimum absolute atomic E-state index is 0.109. The minimum Gasteiger partial charge on any atom is -0.444 e. The van der Waals surface area contributed by atoms with Crippen molar-refractivity contribution in [1.82, 2.24) is 4.90 Å². The normalized spacial score (nSPS) is 28.3. The van der Waals surface area contributed by atoms with Crippen molar-refractivity contribution >= 4 is 6.47 Å². The number of rotatable bonds is 8. The Morgan fingerprint density at radius 2 is 1.79 bits per heavy atom. The number of nitrogens with zero attached hydrogens (tertiary/aromatic N) is 1. The molecule has 3 atom stereocenters. The van der Waals surface area contributed by atoms with E-state index in [1.165, 1.54) is 5.56 Å². The molecule has 4 rings (SSSR count). The van der Waals surface area contributed by atoms with Crippen LogP contribution in [0.2, 0.25) is 0 Å². The maximum absolute atomic E-state index is 11.2. The zero-order valence-electron chi connectivity index (χ0n) is 16.9. The Balaban J connectivity index is 1.40.